The minimum Gasteiger partial charge on any atom is -0.481 e. The Morgan fingerprint density at radius 2 is 1.29 bits per heavy atom. The van der Waals surface area contributed by atoms with E-state index in [0.29, 0.717) is 17.4 Å². The van der Waals surface area contributed by atoms with Crippen molar-refractivity contribution < 1.29 is 24.0 Å². The fourth-order valence-corrected chi connectivity index (χ4v) is 6.93. The van der Waals surface area contributed by atoms with Gasteiger partial charge >= 0.3 is 11.9 Å². The van der Waals surface area contributed by atoms with Gasteiger partial charge in [0, 0.05) is 49.8 Å². The average molecular weight is 815 g/mol. The van der Waals surface area contributed by atoms with E-state index in [1.807, 2.05) is 100 Å². The Labute approximate surface area is 350 Å². The number of rotatable bonds is 6. The zero-order chi connectivity index (χ0) is 44.5. The maximum absolute atomic E-state index is 12.6. The zero-order valence-electron chi connectivity index (χ0n) is 37.4. The van der Waals surface area contributed by atoms with Gasteiger partial charge in [-0.1, -0.05) is 133 Å². The molecule has 1 heterocycles. The summed E-state index contributed by atoms with van der Waals surface area (Å²) in [4.78, 5) is 28.4. The Hall–Kier alpha value is -4.72. The summed E-state index contributed by atoms with van der Waals surface area (Å²) in [7, 11) is -1.03. The number of benzene rings is 3. The van der Waals surface area contributed by atoms with Crippen molar-refractivity contribution in [3.05, 3.63) is 108 Å². The zero-order valence-corrected chi connectivity index (χ0v) is 38.3. The number of esters is 1. The second kappa shape index (κ2) is 26.3. The molecule has 58 heavy (non-hydrogen) atoms. The smallest absolute Gasteiger partial charge is 0.337 e. The predicted octanol–water partition coefficient (Wildman–Crippen LogP) is 11.2. The summed E-state index contributed by atoms with van der Waals surface area (Å²) in [6.07, 6.45) is 7.79. The number of ether oxygens (including phenoxy) is 1. The van der Waals surface area contributed by atoms with Gasteiger partial charge in [-0.2, -0.15) is 5.26 Å². The molecule has 2 N–H and O–H groups in total. The van der Waals surface area contributed by atoms with E-state index in [0.717, 1.165) is 29.5 Å². The topological polar surface area (TPSA) is 133 Å². The lowest BCUT2D eigenvalue weighted by Gasteiger charge is -2.28. The molecule has 10 heteroatoms. The first-order valence-corrected chi connectivity index (χ1v) is 22.2. The number of carboxylic acid groups (broad SMARTS) is 1. The van der Waals surface area contributed by atoms with Crippen molar-refractivity contribution in [1.82, 2.24) is 5.32 Å². The number of amidine groups is 1. The van der Waals surface area contributed by atoms with Crippen molar-refractivity contribution in [2.24, 2.45) is 21.2 Å². The first-order valence-electron chi connectivity index (χ1n) is 20.0. The summed E-state index contributed by atoms with van der Waals surface area (Å²) < 4.78 is 17.1. The van der Waals surface area contributed by atoms with Crippen molar-refractivity contribution in [3.8, 4) is 6.07 Å². The van der Waals surface area contributed by atoms with Crippen molar-refractivity contribution in [1.29, 1.82) is 5.26 Å². The van der Waals surface area contributed by atoms with Crippen LogP contribution in [0.5, 0.6) is 0 Å². The van der Waals surface area contributed by atoms with Crippen LogP contribution in [-0.4, -0.2) is 55.3 Å². The van der Waals surface area contributed by atoms with Crippen LogP contribution >= 0.6 is 7.14 Å². The fourth-order valence-electron chi connectivity index (χ4n) is 5.15. The third-order valence-electron chi connectivity index (χ3n) is 8.89. The number of hydrogen-bond acceptors (Lipinski definition) is 7. The van der Waals surface area contributed by atoms with E-state index in [1.54, 1.807) is 38.1 Å². The first kappa shape index (κ1) is 53.3. The van der Waals surface area contributed by atoms with E-state index in [1.165, 1.54) is 39.2 Å². The molecule has 0 amide bonds. The minimum atomic E-state index is -2.40. The maximum Gasteiger partial charge on any atom is 0.337 e. The molecule has 0 unspecified atom stereocenters. The summed E-state index contributed by atoms with van der Waals surface area (Å²) >= 11 is 0. The van der Waals surface area contributed by atoms with Crippen LogP contribution in [0.15, 0.2) is 96.0 Å². The number of methoxy groups -OCH3 is 1. The molecule has 2 aliphatic rings. The number of nitrogens with one attached hydrogen (secondary N) is 1. The van der Waals surface area contributed by atoms with Gasteiger partial charge < -0.3 is 24.6 Å². The van der Waals surface area contributed by atoms with Crippen LogP contribution in [0.1, 0.15) is 125 Å². The Morgan fingerprint density at radius 1 is 0.862 bits per heavy atom. The van der Waals surface area contributed by atoms with Crippen LogP contribution in [0.3, 0.4) is 0 Å². The number of nitriles is 1. The van der Waals surface area contributed by atoms with Crippen LogP contribution in [0, 0.1) is 34.1 Å². The lowest BCUT2D eigenvalue weighted by Crippen LogP contribution is -2.31. The van der Waals surface area contributed by atoms with Gasteiger partial charge in [0.25, 0.3) is 0 Å². The molecule has 3 aromatic carbocycles. The second-order valence-electron chi connectivity index (χ2n) is 17.8. The molecule has 0 atom stereocenters. The molecule has 1 aliphatic carbocycles. The summed E-state index contributed by atoms with van der Waals surface area (Å²) in [5.74, 6) is 0.0198. The average Bonchev–Trinajstić information content (AvgIpc) is 3.76. The van der Waals surface area contributed by atoms with Crippen LogP contribution in [0.2, 0.25) is 0 Å². The van der Waals surface area contributed by atoms with E-state index in [2.05, 4.69) is 54.5 Å². The standard InChI is InChI=1S/C13H13OP.C8H8O2.C8H16.C7H14N2.C7H11NO2.C5H9N/c1-15(14,12-8-4-2-5-9-12)13-10-6-3-7-11-13;1-10-8(9)7-5-3-2-4-6-7;1-8(2)6-4-3-5-7-8;1-7(2,3)6-8-4-5-9-6;1-7(2,5-8)4-3-6(9)10;1-5(2,3)6-4/h2-11H,1H3;2-6H,1H3;3-7H2,1-2H3;4-5H2,1-3H3,(H,8,9);3-4H2,1-2H3,(H,9,10);1-3H3. The van der Waals surface area contributed by atoms with E-state index < -0.39 is 18.5 Å². The monoisotopic (exact) mass is 815 g/mol. The lowest BCUT2D eigenvalue weighted by atomic mass is 9.78. The van der Waals surface area contributed by atoms with Crippen molar-refractivity contribution in [2.75, 3.05) is 26.9 Å². The van der Waals surface area contributed by atoms with Gasteiger partial charge in [0.2, 0.25) is 5.54 Å². The number of aliphatic imine (C=N–C) groups is 1. The van der Waals surface area contributed by atoms with Crippen LogP contribution < -0.4 is 15.9 Å². The SMILES string of the molecule is CC(C)(C#N)CCC(=O)O.CC(C)(C)C1=NCCN1.CC1(C)CCCCC1.COC(=O)c1ccccc1.CP(=O)(c1ccccc1)c1ccccc1.[C-]#[N+]C(C)(C)C. The summed E-state index contributed by atoms with van der Waals surface area (Å²) in [5.41, 5.74) is 0.817. The number of carbonyl (C=O) groups is 2. The van der Waals surface area contributed by atoms with Gasteiger partial charge in [-0.05, 0) is 57.3 Å². The van der Waals surface area contributed by atoms with Crippen LogP contribution in [-0.2, 0) is 14.1 Å². The maximum atomic E-state index is 12.6. The Bertz CT molecular complexity index is 1730. The number of nitrogens with zero attached hydrogens (tertiary/aromatic N) is 3. The molecule has 1 saturated carbocycles. The van der Waals surface area contributed by atoms with E-state index in [9.17, 15) is 14.2 Å². The number of aliphatic carboxylic acids is 1. The molecule has 1 aliphatic heterocycles. The van der Waals surface area contributed by atoms with Gasteiger partial charge in [0.1, 0.15) is 13.0 Å². The van der Waals surface area contributed by atoms with Crippen molar-refractivity contribution in [2.45, 2.75) is 120 Å². The molecule has 0 aromatic heterocycles. The molecule has 318 valence electrons. The highest BCUT2D eigenvalue weighted by atomic mass is 31.2. The molecule has 3 aromatic rings. The number of carbonyl (C=O) groups excluding carboxylic acids is 1. The van der Waals surface area contributed by atoms with Gasteiger partial charge in [-0.25, -0.2) is 11.4 Å². The molecule has 5 rings (SSSR count). The van der Waals surface area contributed by atoms with E-state index in [4.69, 9.17) is 16.9 Å². The van der Waals surface area contributed by atoms with E-state index in [-0.39, 0.29) is 23.3 Å². The highest BCUT2D eigenvalue weighted by Gasteiger charge is 2.22. The van der Waals surface area contributed by atoms with E-state index >= 15 is 0 Å². The molecular weight excluding hydrogens is 744 g/mol. The summed E-state index contributed by atoms with van der Waals surface area (Å²) in [6, 6.07) is 30.2. The summed E-state index contributed by atoms with van der Waals surface area (Å²) in [5, 5.41) is 21.8. The van der Waals surface area contributed by atoms with Gasteiger partial charge in [0.15, 0.2) is 0 Å². The predicted molar refractivity (Wildman–Crippen MR) is 243 cm³/mol. The largest absolute Gasteiger partial charge is 0.481 e. The third-order valence-corrected chi connectivity index (χ3v) is 11.5. The molecular formula is C48H71N4O5P. The molecule has 0 saturated heterocycles. The molecule has 1 fully saturated rings. The Kier molecular flexibility index (Phi) is 24.2. The summed E-state index contributed by atoms with van der Waals surface area (Å²) in [6.45, 7) is 30.7. The third kappa shape index (κ3) is 24.8. The lowest BCUT2D eigenvalue weighted by molar-refractivity contribution is -0.137. The Balaban J connectivity index is 0.000000688. The normalized spacial score (nSPS) is 14.1. The highest BCUT2D eigenvalue weighted by molar-refractivity contribution is 7.78. The second-order valence-corrected chi connectivity index (χ2v) is 20.6. The van der Waals surface area contributed by atoms with Crippen LogP contribution in [0.4, 0.5) is 0 Å². The van der Waals surface area contributed by atoms with Gasteiger partial charge in [0.05, 0.1) is 30.7 Å². The first-order chi connectivity index (χ1) is 26.9. The van der Waals surface area contributed by atoms with Crippen molar-refractivity contribution >= 4 is 35.5 Å². The van der Waals surface area contributed by atoms with Gasteiger partial charge in [-0.15, -0.1) is 0 Å². The highest BCUT2D eigenvalue weighted by Crippen LogP contribution is 2.38. The fraction of sp³-hybridized carbons (Fsp3) is 0.521. The quantitative estimate of drug-likeness (QED) is 0.144. The number of hydrogen-bond donors (Lipinski definition) is 2. The molecule has 0 bridgehead atoms. The number of carboxylic acids is 1. The Morgan fingerprint density at radius 3 is 1.57 bits per heavy atom. The van der Waals surface area contributed by atoms with Crippen LogP contribution in [0.25, 0.3) is 4.85 Å². The molecule has 0 radical (unpaired) electrons. The molecule has 9 nitrogen and oxygen atoms in total. The molecule has 0 spiro atoms. The minimum absolute atomic E-state index is 0.0700. The van der Waals surface area contributed by atoms with Crippen molar-refractivity contribution in [3.63, 3.8) is 0 Å². The van der Waals surface area contributed by atoms with Gasteiger partial charge in [-0.3, -0.25) is 9.79 Å².